The molecule has 2 N–H and O–H groups in total. The summed E-state index contributed by atoms with van der Waals surface area (Å²) in [7, 11) is 1.89. The second-order valence-electron chi connectivity index (χ2n) is 6.06. The Labute approximate surface area is 171 Å². The summed E-state index contributed by atoms with van der Waals surface area (Å²) in [4.78, 5) is 25.0. The number of benzene rings is 1. The highest BCUT2D eigenvalue weighted by Gasteiger charge is 2.13. The van der Waals surface area contributed by atoms with E-state index in [2.05, 4.69) is 20.8 Å². The number of amides is 2. The zero-order valence-corrected chi connectivity index (χ0v) is 17.3. The Morgan fingerprint density at radius 2 is 1.86 bits per heavy atom. The first-order valence-corrected chi connectivity index (χ1v) is 10.7. The van der Waals surface area contributed by atoms with Gasteiger partial charge in [-0.2, -0.15) is 0 Å². The van der Waals surface area contributed by atoms with Crippen LogP contribution < -0.4 is 10.6 Å². The number of thiophene rings is 1. The second kappa shape index (κ2) is 9.52. The van der Waals surface area contributed by atoms with Crippen LogP contribution in [0.25, 0.3) is 10.7 Å². The third kappa shape index (κ3) is 5.20. The van der Waals surface area contributed by atoms with Crippen LogP contribution >= 0.6 is 23.1 Å². The summed E-state index contributed by atoms with van der Waals surface area (Å²) in [5.74, 6) is 0.810. The molecule has 0 aliphatic heterocycles. The largest absolute Gasteiger partial charge is 0.326 e. The van der Waals surface area contributed by atoms with Crippen molar-refractivity contribution in [2.24, 2.45) is 7.05 Å². The van der Waals surface area contributed by atoms with Crippen molar-refractivity contribution in [1.29, 1.82) is 0 Å². The average Bonchev–Trinajstić information content (AvgIpc) is 3.30. The van der Waals surface area contributed by atoms with Gasteiger partial charge in [0.05, 0.1) is 10.6 Å². The van der Waals surface area contributed by atoms with Crippen molar-refractivity contribution in [3.05, 3.63) is 41.8 Å². The van der Waals surface area contributed by atoms with E-state index in [9.17, 15) is 9.59 Å². The van der Waals surface area contributed by atoms with E-state index in [0.29, 0.717) is 23.0 Å². The quantitative estimate of drug-likeness (QED) is 0.543. The van der Waals surface area contributed by atoms with Crippen molar-refractivity contribution >= 4 is 46.3 Å². The molecule has 0 bridgehead atoms. The van der Waals surface area contributed by atoms with Crippen LogP contribution in [0.3, 0.4) is 0 Å². The van der Waals surface area contributed by atoms with E-state index < -0.39 is 0 Å². The van der Waals surface area contributed by atoms with Crippen LogP contribution in [-0.2, 0) is 16.6 Å². The fraction of sp³-hybridized carbons (Fsp3) is 0.263. The molecule has 3 rings (SSSR count). The molecular weight excluding hydrogens is 394 g/mol. The topological polar surface area (TPSA) is 88.9 Å². The average molecular weight is 416 g/mol. The summed E-state index contributed by atoms with van der Waals surface area (Å²) in [6.07, 6.45) is 1.26. The highest BCUT2D eigenvalue weighted by atomic mass is 32.2. The number of carbonyl (C=O) groups excluding carboxylic acids is 2. The Morgan fingerprint density at radius 1 is 1.11 bits per heavy atom. The fourth-order valence-corrected chi connectivity index (χ4v) is 3.97. The summed E-state index contributed by atoms with van der Waals surface area (Å²) >= 11 is 2.92. The number of nitrogens with zero attached hydrogens (tertiary/aromatic N) is 3. The summed E-state index contributed by atoms with van der Waals surface area (Å²) < 4.78 is 1.88. The van der Waals surface area contributed by atoms with E-state index in [0.717, 1.165) is 17.1 Å². The molecule has 0 aliphatic rings. The minimum absolute atomic E-state index is 0.0367. The fourth-order valence-electron chi connectivity index (χ4n) is 2.51. The van der Waals surface area contributed by atoms with Gasteiger partial charge in [-0.3, -0.25) is 9.59 Å². The molecule has 0 unspecified atom stereocenters. The highest BCUT2D eigenvalue weighted by molar-refractivity contribution is 7.99. The van der Waals surface area contributed by atoms with E-state index in [4.69, 9.17) is 0 Å². The molecule has 7 nitrogen and oxygen atoms in total. The van der Waals surface area contributed by atoms with Gasteiger partial charge in [0.25, 0.3) is 0 Å². The van der Waals surface area contributed by atoms with Crippen LogP contribution in [0.15, 0.2) is 46.9 Å². The van der Waals surface area contributed by atoms with Crippen LogP contribution in [0.4, 0.5) is 11.4 Å². The van der Waals surface area contributed by atoms with E-state index in [1.807, 2.05) is 36.1 Å². The molecule has 0 fully saturated rings. The summed E-state index contributed by atoms with van der Waals surface area (Å²) in [5, 5.41) is 16.7. The number of thioether (sulfide) groups is 1. The van der Waals surface area contributed by atoms with Crippen molar-refractivity contribution in [2.75, 3.05) is 16.4 Å². The molecule has 2 heterocycles. The maximum Gasteiger partial charge on any atom is 0.234 e. The molecule has 0 atom stereocenters. The predicted octanol–water partition coefficient (Wildman–Crippen LogP) is 4.01. The first kappa shape index (κ1) is 20.1. The molecule has 0 spiro atoms. The minimum Gasteiger partial charge on any atom is -0.326 e. The first-order chi connectivity index (χ1) is 13.6. The van der Waals surface area contributed by atoms with Gasteiger partial charge in [0.1, 0.15) is 0 Å². The van der Waals surface area contributed by atoms with Crippen LogP contribution in [0.5, 0.6) is 0 Å². The van der Waals surface area contributed by atoms with Gasteiger partial charge >= 0.3 is 0 Å². The predicted molar refractivity (Wildman–Crippen MR) is 114 cm³/mol. The van der Waals surface area contributed by atoms with Crippen LogP contribution in [0.1, 0.15) is 19.8 Å². The molecule has 2 amide bonds. The Bertz CT molecular complexity index is 953. The maximum atomic E-state index is 12.3. The Kier molecular flexibility index (Phi) is 6.83. The molecule has 28 heavy (non-hydrogen) atoms. The van der Waals surface area contributed by atoms with E-state index >= 15 is 0 Å². The molecule has 146 valence electrons. The normalized spacial score (nSPS) is 10.6. The minimum atomic E-state index is -0.150. The Morgan fingerprint density at radius 3 is 2.54 bits per heavy atom. The molecule has 3 aromatic rings. The van der Waals surface area contributed by atoms with E-state index in [1.54, 1.807) is 35.6 Å². The molecule has 0 radical (unpaired) electrons. The molecule has 9 heteroatoms. The Hall–Kier alpha value is -2.65. The van der Waals surface area contributed by atoms with Gasteiger partial charge in [0.2, 0.25) is 11.8 Å². The van der Waals surface area contributed by atoms with Gasteiger partial charge in [-0.15, -0.1) is 21.5 Å². The lowest BCUT2D eigenvalue weighted by Crippen LogP contribution is -2.15. The van der Waals surface area contributed by atoms with Crippen LogP contribution in [0, 0.1) is 0 Å². The number of rotatable bonds is 8. The monoisotopic (exact) mass is 415 g/mol. The van der Waals surface area contributed by atoms with Crippen molar-refractivity contribution in [3.8, 4) is 10.7 Å². The molecule has 1 aromatic carbocycles. The highest BCUT2D eigenvalue weighted by Crippen LogP contribution is 2.26. The molecule has 2 aromatic heterocycles. The summed E-state index contributed by atoms with van der Waals surface area (Å²) in [6.45, 7) is 1.95. The van der Waals surface area contributed by atoms with Crippen molar-refractivity contribution in [1.82, 2.24) is 14.8 Å². The van der Waals surface area contributed by atoms with E-state index in [1.165, 1.54) is 11.8 Å². The first-order valence-electron chi connectivity index (χ1n) is 8.82. The van der Waals surface area contributed by atoms with Gasteiger partial charge in [-0.25, -0.2) is 0 Å². The molecular formula is C19H21N5O2S2. The summed E-state index contributed by atoms with van der Waals surface area (Å²) in [6, 6.07) is 11.1. The van der Waals surface area contributed by atoms with Gasteiger partial charge in [0, 0.05) is 24.8 Å². The van der Waals surface area contributed by atoms with E-state index in [-0.39, 0.29) is 17.6 Å². The number of carbonyl (C=O) groups is 2. The Balaban J connectivity index is 1.56. The van der Waals surface area contributed by atoms with Gasteiger partial charge < -0.3 is 15.2 Å². The van der Waals surface area contributed by atoms with Crippen LogP contribution in [0.2, 0.25) is 0 Å². The van der Waals surface area contributed by atoms with Gasteiger partial charge in [0.15, 0.2) is 11.0 Å². The number of hydrogen-bond acceptors (Lipinski definition) is 6. The zero-order chi connectivity index (χ0) is 19.9. The van der Waals surface area contributed by atoms with Crippen molar-refractivity contribution in [3.63, 3.8) is 0 Å². The smallest absolute Gasteiger partial charge is 0.234 e. The number of hydrogen-bond donors (Lipinski definition) is 2. The maximum absolute atomic E-state index is 12.3. The van der Waals surface area contributed by atoms with Gasteiger partial charge in [-0.1, -0.05) is 30.8 Å². The lowest BCUT2D eigenvalue weighted by molar-refractivity contribution is -0.116. The number of anilines is 2. The third-order valence-corrected chi connectivity index (χ3v) is 5.70. The molecule has 0 saturated carbocycles. The SMILES string of the molecule is CCCC(=O)Nc1cccc(NC(=O)CSc2nnc(-c3cccs3)n2C)c1. The van der Waals surface area contributed by atoms with Gasteiger partial charge in [-0.05, 0) is 36.1 Å². The second-order valence-corrected chi connectivity index (χ2v) is 7.95. The standard InChI is InChI=1S/C19H21N5O2S2/c1-3-6-16(25)20-13-7-4-8-14(11-13)21-17(26)12-28-19-23-22-18(24(19)2)15-9-5-10-27-15/h4-5,7-11H,3,6,12H2,1-2H3,(H,20,25)(H,21,26). The number of aromatic nitrogens is 3. The molecule has 0 aliphatic carbocycles. The third-order valence-electron chi connectivity index (χ3n) is 3.82. The van der Waals surface area contributed by atoms with Crippen molar-refractivity contribution in [2.45, 2.75) is 24.9 Å². The number of nitrogens with one attached hydrogen (secondary N) is 2. The van der Waals surface area contributed by atoms with Crippen LogP contribution in [-0.4, -0.2) is 32.3 Å². The lowest BCUT2D eigenvalue weighted by atomic mass is 10.2. The zero-order valence-electron chi connectivity index (χ0n) is 15.6. The summed E-state index contributed by atoms with van der Waals surface area (Å²) in [5.41, 5.74) is 1.30. The molecule has 0 saturated heterocycles. The lowest BCUT2D eigenvalue weighted by Gasteiger charge is -2.08. The van der Waals surface area contributed by atoms with Crippen molar-refractivity contribution < 1.29 is 9.59 Å².